The summed E-state index contributed by atoms with van der Waals surface area (Å²) in [6.45, 7) is -1.17. The van der Waals surface area contributed by atoms with Crippen molar-refractivity contribution in [3.05, 3.63) is 19.8 Å². The molecule has 1 N–H and O–H groups in total. The van der Waals surface area contributed by atoms with Crippen LogP contribution in [-0.4, -0.2) is 26.4 Å². The first-order chi connectivity index (χ1) is 8.33. The summed E-state index contributed by atoms with van der Waals surface area (Å²) in [7, 11) is 1.75. The highest BCUT2D eigenvalue weighted by Gasteiger charge is 2.27. The molecule has 1 aromatic rings. The lowest BCUT2D eigenvalue weighted by Gasteiger charge is -2.15. The number of ether oxygens (including phenoxy) is 1. The molecule has 104 valence electrons. The third-order valence-electron chi connectivity index (χ3n) is 2.17. The van der Waals surface area contributed by atoms with E-state index < -0.39 is 12.8 Å². The van der Waals surface area contributed by atoms with Crippen LogP contribution in [0.1, 0.15) is 17.3 Å². The van der Waals surface area contributed by atoms with Crippen LogP contribution in [0.2, 0.25) is 5.02 Å². The number of alkyl halides is 3. The minimum atomic E-state index is -4.27. The normalized spacial score (nSPS) is 13.9. The number of nitrogens with one attached hydrogen (secondary N) is 1. The molecule has 0 aliphatic rings. The predicted molar refractivity (Wildman–Crippen MR) is 70.3 cm³/mol. The summed E-state index contributed by atoms with van der Waals surface area (Å²) in [5.41, 5.74) is 0. The van der Waals surface area contributed by atoms with Crippen molar-refractivity contribution in [2.24, 2.45) is 0 Å². The van der Waals surface area contributed by atoms with Crippen molar-refractivity contribution in [3.63, 3.8) is 0 Å². The maximum Gasteiger partial charge on any atom is 0.411 e. The number of hydrogen-bond donors (Lipinski definition) is 1. The molecule has 1 rings (SSSR count). The van der Waals surface area contributed by atoms with Gasteiger partial charge in [0.25, 0.3) is 0 Å². The van der Waals surface area contributed by atoms with Crippen molar-refractivity contribution in [1.29, 1.82) is 0 Å². The summed E-state index contributed by atoms with van der Waals surface area (Å²) >= 11 is 10.7. The van der Waals surface area contributed by atoms with Gasteiger partial charge in [0.1, 0.15) is 6.61 Å². The maximum atomic E-state index is 11.9. The molecule has 0 aliphatic carbocycles. The summed E-state index contributed by atoms with van der Waals surface area (Å²) in [6, 6.07) is 1.73. The van der Waals surface area contributed by atoms with Gasteiger partial charge in [0.2, 0.25) is 0 Å². The van der Waals surface area contributed by atoms with E-state index in [1.165, 1.54) is 11.3 Å². The van der Waals surface area contributed by atoms with Crippen molar-refractivity contribution < 1.29 is 17.9 Å². The van der Waals surface area contributed by atoms with Crippen LogP contribution in [0.5, 0.6) is 0 Å². The van der Waals surface area contributed by atoms with E-state index in [2.05, 4.69) is 26.0 Å². The Hall–Kier alpha value is 0.180. The van der Waals surface area contributed by atoms with Crippen LogP contribution < -0.4 is 5.32 Å². The second-order valence-electron chi connectivity index (χ2n) is 3.57. The van der Waals surface area contributed by atoms with E-state index in [4.69, 9.17) is 11.6 Å². The van der Waals surface area contributed by atoms with Crippen molar-refractivity contribution in [1.82, 2.24) is 5.32 Å². The van der Waals surface area contributed by atoms with Crippen LogP contribution in [0.15, 0.2) is 9.85 Å². The zero-order valence-electron chi connectivity index (χ0n) is 9.48. The van der Waals surface area contributed by atoms with E-state index in [0.29, 0.717) is 11.4 Å². The summed E-state index contributed by atoms with van der Waals surface area (Å²) in [6.07, 6.45) is -3.82. The highest BCUT2D eigenvalue weighted by molar-refractivity contribution is 9.11. The Bertz CT molecular complexity index is 366. The number of halogens is 5. The van der Waals surface area contributed by atoms with Crippen LogP contribution in [-0.2, 0) is 4.74 Å². The highest BCUT2D eigenvalue weighted by Crippen LogP contribution is 2.36. The topological polar surface area (TPSA) is 21.3 Å². The minimum Gasteiger partial charge on any atom is -0.372 e. The van der Waals surface area contributed by atoms with Gasteiger partial charge in [0.05, 0.1) is 8.81 Å². The number of thiophene rings is 1. The number of rotatable bonds is 6. The lowest BCUT2D eigenvalue weighted by molar-refractivity contribution is -0.174. The van der Waals surface area contributed by atoms with E-state index in [1.807, 2.05) is 0 Å². The van der Waals surface area contributed by atoms with Gasteiger partial charge in [-0.3, -0.25) is 0 Å². The molecule has 0 radical (unpaired) electrons. The maximum absolute atomic E-state index is 11.9. The lowest BCUT2D eigenvalue weighted by Crippen LogP contribution is -2.21. The van der Waals surface area contributed by atoms with E-state index in [-0.39, 0.29) is 12.6 Å². The smallest absolute Gasteiger partial charge is 0.372 e. The van der Waals surface area contributed by atoms with E-state index in [9.17, 15) is 13.2 Å². The largest absolute Gasteiger partial charge is 0.411 e. The summed E-state index contributed by atoms with van der Waals surface area (Å²) in [4.78, 5) is 0.963. The molecule has 2 nitrogen and oxygen atoms in total. The van der Waals surface area contributed by atoms with Crippen LogP contribution in [0, 0.1) is 0 Å². The van der Waals surface area contributed by atoms with E-state index in [0.717, 1.165) is 8.66 Å². The molecular weight excluding hydrogens is 355 g/mol. The third kappa shape index (κ3) is 5.44. The van der Waals surface area contributed by atoms with Gasteiger partial charge in [0.15, 0.2) is 0 Å². The SMILES string of the molecule is CNC(CCOCC(F)(F)F)c1cc(Cl)c(Br)s1. The Morgan fingerprint density at radius 1 is 1.56 bits per heavy atom. The Morgan fingerprint density at radius 3 is 2.67 bits per heavy atom. The molecule has 0 fully saturated rings. The molecule has 0 saturated heterocycles. The molecular formula is C10H12BrClF3NOS. The number of hydrogen-bond acceptors (Lipinski definition) is 3. The van der Waals surface area contributed by atoms with Gasteiger partial charge in [-0.25, -0.2) is 0 Å². The van der Waals surface area contributed by atoms with Gasteiger partial charge in [-0.1, -0.05) is 11.6 Å². The summed E-state index contributed by atoms with van der Waals surface area (Å²) in [5, 5.41) is 3.63. The molecule has 0 amide bonds. The minimum absolute atomic E-state index is 0.0398. The Kier molecular flexibility index (Phi) is 6.40. The van der Waals surface area contributed by atoms with Crippen LogP contribution in [0.25, 0.3) is 0 Å². The molecule has 1 unspecified atom stereocenters. The molecule has 0 saturated carbocycles. The van der Waals surface area contributed by atoms with Crippen molar-refractivity contribution >= 4 is 38.9 Å². The monoisotopic (exact) mass is 365 g/mol. The molecule has 1 atom stereocenters. The fourth-order valence-electron chi connectivity index (χ4n) is 1.35. The molecule has 0 spiro atoms. The summed E-state index contributed by atoms with van der Waals surface area (Å²) < 4.78 is 41.0. The Labute approximate surface area is 121 Å². The van der Waals surface area contributed by atoms with Gasteiger partial charge in [-0.05, 0) is 35.5 Å². The average Bonchev–Trinajstić information content (AvgIpc) is 2.57. The van der Waals surface area contributed by atoms with Gasteiger partial charge in [0, 0.05) is 17.5 Å². The van der Waals surface area contributed by atoms with Crippen LogP contribution in [0.3, 0.4) is 0 Å². The molecule has 18 heavy (non-hydrogen) atoms. The first-order valence-electron chi connectivity index (χ1n) is 5.10. The first kappa shape index (κ1) is 16.2. The van der Waals surface area contributed by atoms with Crippen molar-refractivity contribution in [2.75, 3.05) is 20.3 Å². The quantitative estimate of drug-likeness (QED) is 0.754. The Balaban J connectivity index is 2.43. The van der Waals surface area contributed by atoms with Crippen molar-refractivity contribution in [2.45, 2.75) is 18.6 Å². The Morgan fingerprint density at radius 2 is 2.22 bits per heavy atom. The summed E-state index contributed by atoms with van der Waals surface area (Å²) in [5.74, 6) is 0. The van der Waals surface area contributed by atoms with Gasteiger partial charge in [-0.15, -0.1) is 11.3 Å². The molecule has 0 aromatic carbocycles. The van der Waals surface area contributed by atoms with Gasteiger partial charge >= 0.3 is 6.18 Å². The van der Waals surface area contributed by atoms with E-state index in [1.54, 1.807) is 13.1 Å². The fraction of sp³-hybridized carbons (Fsp3) is 0.600. The standard InChI is InChI=1S/C10H12BrClF3NOS/c1-16-7(2-3-17-5-10(13,14)15)8-4-6(12)9(11)18-8/h4,7,16H,2-3,5H2,1H3. The van der Waals surface area contributed by atoms with Gasteiger partial charge in [-0.2, -0.15) is 13.2 Å². The average molecular weight is 367 g/mol. The van der Waals surface area contributed by atoms with Crippen LogP contribution in [0.4, 0.5) is 13.2 Å². The van der Waals surface area contributed by atoms with Gasteiger partial charge < -0.3 is 10.1 Å². The lowest BCUT2D eigenvalue weighted by atomic mass is 10.2. The predicted octanol–water partition coefficient (Wildman–Crippen LogP) is 4.39. The highest BCUT2D eigenvalue weighted by atomic mass is 79.9. The third-order valence-corrected chi connectivity index (χ3v) is 4.76. The molecule has 8 heteroatoms. The fourth-order valence-corrected chi connectivity index (χ4v) is 3.24. The zero-order chi connectivity index (χ0) is 13.8. The second kappa shape index (κ2) is 7.09. The molecule has 0 aliphatic heterocycles. The van der Waals surface area contributed by atoms with Crippen molar-refractivity contribution in [3.8, 4) is 0 Å². The molecule has 1 heterocycles. The first-order valence-corrected chi connectivity index (χ1v) is 7.08. The second-order valence-corrected chi connectivity index (χ2v) is 6.38. The molecule has 1 aromatic heterocycles. The molecule has 0 bridgehead atoms. The van der Waals surface area contributed by atoms with Crippen LogP contribution >= 0.6 is 38.9 Å². The van der Waals surface area contributed by atoms with E-state index >= 15 is 0 Å². The zero-order valence-corrected chi connectivity index (χ0v) is 12.6.